The lowest BCUT2D eigenvalue weighted by molar-refractivity contribution is 0.0514. The van der Waals surface area contributed by atoms with E-state index >= 15 is 0 Å². The Balaban J connectivity index is 3.38. The molecule has 0 amide bonds. The van der Waals surface area contributed by atoms with Crippen LogP contribution < -0.4 is 0 Å². The zero-order valence-electron chi connectivity index (χ0n) is 10.5. The lowest BCUT2D eigenvalue weighted by Crippen LogP contribution is -2.10. The number of hydrogen-bond acceptors (Lipinski definition) is 7. The van der Waals surface area contributed by atoms with Crippen LogP contribution >= 0.6 is 0 Å². The van der Waals surface area contributed by atoms with Gasteiger partial charge in [0.1, 0.15) is 22.6 Å². The Hall–Kier alpha value is -2.44. The summed E-state index contributed by atoms with van der Waals surface area (Å²) in [5.74, 6) is -4.29. The standard InChI is InChI=1S/C12H14O7/c1-3-18-11(16)8-6(13)5-7(14)9(10(8)15)12(17)19-4-2/h5,13-15H,3-4H2,1-2H3/i5+1,6+1,7+1,8+1,9+1,10+1,11+1,12+1. The Morgan fingerprint density at radius 1 is 0.947 bits per heavy atom. The molecule has 19 heavy (non-hydrogen) atoms. The van der Waals surface area contributed by atoms with Crippen molar-refractivity contribution in [2.75, 3.05) is 13.2 Å². The molecule has 0 aliphatic rings. The number of phenolic OH excluding ortho intramolecular Hbond substituents is 3. The molecule has 0 radical (unpaired) electrons. The first-order valence-electron chi connectivity index (χ1n) is 5.56. The molecule has 0 heterocycles. The molecule has 0 bridgehead atoms. The SMILES string of the molecule is CCO[13C](=O)[13c]1[13c](O)[13cH][13c](O)[13c]([13C](=O)OCC)[13c]1O. The Morgan fingerprint density at radius 3 is 1.63 bits per heavy atom. The molecule has 0 spiro atoms. The van der Waals surface area contributed by atoms with Gasteiger partial charge >= 0.3 is 11.9 Å². The minimum atomic E-state index is -1.01. The molecular weight excluding hydrogens is 264 g/mol. The maximum atomic E-state index is 11.6. The molecule has 7 nitrogen and oxygen atoms in total. The van der Waals surface area contributed by atoms with Crippen LogP contribution in [0, 0.1) is 0 Å². The van der Waals surface area contributed by atoms with E-state index in [0.717, 1.165) is 6.07 Å². The summed E-state index contributed by atoms with van der Waals surface area (Å²) in [7, 11) is 0. The Bertz CT molecular complexity index is 465. The van der Waals surface area contributed by atoms with Crippen molar-refractivity contribution in [3.8, 4) is 17.2 Å². The van der Waals surface area contributed by atoms with Crippen LogP contribution in [-0.4, -0.2) is 40.5 Å². The maximum Gasteiger partial charge on any atom is 0.345 e. The van der Waals surface area contributed by atoms with E-state index in [4.69, 9.17) is 0 Å². The number of hydrogen-bond donors (Lipinski definition) is 3. The van der Waals surface area contributed by atoms with Crippen molar-refractivity contribution in [2.24, 2.45) is 0 Å². The molecule has 1 aromatic rings. The van der Waals surface area contributed by atoms with Crippen LogP contribution in [0.4, 0.5) is 0 Å². The van der Waals surface area contributed by atoms with Gasteiger partial charge in [0.2, 0.25) is 0 Å². The van der Waals surface area contributed by atoms with Gasteiger partial charge in [-0.2, -0.15) is 0 Å². The van der Waals surface area contributed by atoms with Crippen LogP contribution in [0.25, 0.3) is 0 Å². The number of ether oxygens (including phenoxy) is 2. The van der Waals surface area contributed by atoms with E-state index in [1.54, 1.807) is 13.8 Å². The number of carbonyl (C=O) groups excluding carboxylic acids is 2. The second-order valence-corrected chi connectivity index (χ2v) is 3.45. The summed E-state index contributed by atoms with van der Waals surface area (Å²) in [5.41, 5.74) is -1.19. The first-order chi connectivity index (χ1) is 8.93. The van der Waals surface area contributed by atoms with Crippen LogP contribution in [0.2, 0.25) is 0 Å². The topological polar surface area (TPSA) is 113 Å². The predicted molar refractivity (Wildman–Crippen MR) is 63.3 cm³/mol. The van der Waals surface area contributed by atoms with Crippen molar-refractivity contribution in [3.05, 3.63) is 17.2 Å². The molecule has 1 rings (SSSR count). The second-order valence-electron chi connectivity index (χ2n) is 3.45. The quantitative estimate of drug-likeness (QED) is 0.559. The van der Waals surface area contributed by atoms with Crippen LogP contribution in [0.1, 0.15) is 34.6 Å². The van der Waals surface area contributed by atoms with E-state index in [2.05, 4.69) is 9.47 Å². The number of carbonyl (C=O) groups is 2. The minimum Gasteiger partial charge on any atom is -0.507 e. The molecule has 104 valence electrons. The van der Waals surface area contributed by atoms with Gasteiger partial charge in [0.25, 0.3) is 0 Å². The fraction of sp³-hybridized carbons (Fsp3) is 0.333. The highest BCUT2D eigenvalue weighted by Crippen LogP contribution is 2.38. The lowest BCUT2D eigenvalue weighted by atomic mass is 10.9. The largest absolute Gasteiger partial charge is 0.507 e. The molecule has 7 heteroatoms. The molecule has 0 aromatic heterocycles. The first kappa shape index (κ1) is 14.6. The molecule has 0 atom stereocenters. The zero-order chi connectivity index (χ0) is 14.6. The summed E-state index contributed by atoms with van der Waals surface area (Å²) in [4.78, 5) is 23.1. The van der Waals surface area contributed by atoms with E-state index in [-0.39, 0.29) is 13.2 Å². The van der Waals surface area contributed by atoms with Gasteiger partial charge in [0.15, 0.2) is 5.75 Å². The van der Waals surface area contributed by atoms with Gasteiger partial charge in [-0.3, -0.25) is 0 Å². The van der Waals surface area contributed by atoms with E-state index in [1.165, 1.54) is 0 Å². The van der Waals surface area contributed by atoms with Gasteiger partial charge < -0.3 is 24.8 Å². The van der Waals surface area contributed by atoms with E-state index in [9.17, 15) is 24.9 Å². The van der Waals surface area contributed by atoms with Crippen LogP contribution in [-0.2, 0) is 9.47 Å². The third-order valence-electron chi connectivity index (χ3n) is 2.22. The summed E-state index contributed by atoms with van der Waals surface area (Å²) in [6, 6.07) is 0.762. The van der Waals surface area contributed by atoms with Crippen LogP contribution in [0.5, 0.6) is 17.2 Å². The summed E-state index contributed by atoms with van der Waals surface area (Å²) in [6.07, 6.45) is 0. The molecule has 0 fully saturated rings. The number of aromatic hydroxyl groups is 3. The van der Waals surface area contributed by atoms with Gasteiger partial charge in [-0.05, 0) is 13.8 Å². The second kappa shape index (κ2) is 5.94. The van der Waals surface area contributed by atoms with E-state index in [0.29, 0.717) is 0 Å². The van der Waals surface area contributed by atoms with E-state index in [1.807, 2.05) is 0 Å². The highest BCUT2D eigenvalue weighted by atomic mass is 16.6. The van der Waals surface area contributed by atoms with Crippen molar-refractivity contribution >= 4 is 11.9 Å². The molecule has 0 aliphatic heterocycles. The van der Waals surface area contributed by atoms with Crippen molar-refractivity contribution in [3.63, 3.8) is 0 Å². The summed E-state index contributed by atoms with van der Waals surface area (Å²) in [5, 5.41) is 28.9. The van der Waals surface area contributed by atoms with Crippen molar-refractivity contribution < 1.29 is 34.4 Å². The first-order valence-corrected chi connectivity index (χ1v) is 5.56. The summed E-state index contributed by atoms with van der Waals surface area (Å²) in [6.45, 7) is 3.12. The van der Waals surface area contributed by atoms with Crippen LogP contribution in [0.3, 0.4) is 0 Å². The molecule has 0 saturated heterocycles. The van der Waals surface area contributed by atoms with Gasteiger partial charge in [-0.15, -0.1) is 0 Å². The van der Waals surface area contributed by atoms with Crippen molar-refractivity contribution in [1.82, 2.24) is 0 Å². The highest BCUT2D eigenvalue weighted by Gasteiger charge is 2.28. The third kappa shape index (κ3) is 2.87. The molecular formula is C12H14O7. The maximum absolute atomic E-state index is 11.6. The number of esters is 2. The lowest BCUT2D eigenvalue weighted by Gasteiger charge is -2.11. The molecule has 0 saturated carbocycles. The third-order valence-corrected chi connectivity index (χ3v) is 2.22. The summed E-state index contributed by atoms with van der Waals surface area (Å²) >= 11 is 0. The normalized spacial score (nSPS) is 10.0. The van der Waals surface area contributed by atoms with Crippen molar-refractivity contribution in [2.45, 2.75) is 13.8 Å². The average molecular weight is 278 g/mol. The van der Waals surface area contributed by atoms with Crippen LogP contribution in [0.15, 0.2) is 6.07 Å². The monoisotopic (exact) mass is 278 g/mol. The molecule has 0 unspecified atom stereocenters. The fourth-order valence-corrected chi connectivity index (χ4v) is 1.45. The number of rotatable bonds is 4. The molecule has 1 aromatic carbocycles. The predicted octanol–water partition coefficient (Wildman–Crippen LogP) is 1.16. The zero-order valence-corrected chi connectivity index (χ0v) is 10.5. The smallest absolute Gasteiger partial charge is 0.345 e. The number of phenols is 3. The van der Waals surface area contributed by atoms with Gasteiger partial charge in [-0.1, -0.05) is 0 Å². The Kier molecular flexibility index (Phi) is 4.57. The van der Waals surface area contributed by atoms with Gasteiger partial charge in [0.05, 0.1) is 13.2 Å². The van der Waals surface area contributed by atoms with Crippen molar-refractivity contribution in [1.29, 1.82) is 0 Å². The molecule has 0 aliphatic carbocycles. The Morgan fingerprint density at radius 2 is 1.32 bits per heavy atom. The fourth-order valence-electron chi connectivity index (χ4n) is 1.45. The minimum absolute atomic E-state index is 0.0212. The average Bonchev–Trinajstić information content (AvgIpc) is 2.28. The van der Waals surface area contributed by atoms with Gasteiger partial charge in [0, 0.05) is 6.07 Å². The highest BCUT2D eigenvalue weighted by molar-refractivity contribution is 6.03. The Labute approximate surface area is 109 Å². The molecule has 3 N–H and O–H groups in total. The van der Waals surface area contributed by atoms with E-state index < -0.39 is 40.3 Å². The van der Waals surface area contributed by atoms with Gasteiger partial charge in [-0.25, -0.2) is 9.59 Å². The number of benzene rings is 1. The summed E-state index contributed by atoms with van der Waals surface area (Å²) < 4.78 is 9.26.